The predicted molar refractivity (Wildman–Crippen MR) is 207 cm³/mol. The number of nitrogens with zero attached hydrogens (tertiary/aromatic N) is 3. The van der Waals surface area contributed by atoms with E-state index in [1.807, 2.05) is 24.3 Å². The lowest BCUT2D eigenvalue weighted by Crippen LogP contribution is -2.41. The number of para-hydroxylation sites is 1. The molecule has 0 spiro atoms. The second-order valence-electron chi connectivity index (χ2n) is 14.2. The molecule has 1 saturated heterocycles. The third kappa shape index (κ3) is 13.3. The summed E-state index contributed by atoms with van der Waals surface area (Å²) in [6.45, 7) is 1.92. The van der Waals surface area contributed by atoms with Crippen molar-refractivity contribution in [2.75, 3.05) is 32.2 Å². The van der Waals surface area contributed by atoms with E-state index in [1.165, 1.54) is 107 Å². The van der Waals surface area contributed by atoms with Crippen LogP contribution in [0.4, 0.5) is 5.69 Å². The van der Waals surface area contributed by atoms with Crippen molar-refractivity contribution in [3.05, 3.63) is 60.4 Å². The van der Waals surface area contributed by atoms with Crippen LogP contribution in [0.1, 0.15) is 115 Å². The topological polar surface area (TPSA) is 191 Å². The molecule has 0 aliphatic carbocycles. The molecule has 5 N–H and O–H groups in total. The SMILES string of the molecule is CCCCCCCCCCCCCCCCCCOC[C@H](COP(=O)(O)OC[C@H]1O[C@@](C#N)(c2ccc3c(N)ccnn23)[C@H](O)[C@@H]1O)Oc1ccccc1. The van der Waals surface area contributed by atoms with Gasteiger partial charge in [0.1, 0.15) is 36.2 Å². The molecule has 14 heteroatoms. The molecule has 3 aromatic rings. The summed E-state index contributed by atoms with van der Waals surface area (Å²) in [4.78, 5) is 10.5. The average Bonchev–Trinajstić information content (AvgIpc) is 3.72. The third-order valence-corrected chi connectivity index (χ3v) is 10.9. The molecule has 4 rings (SSSR count). The summed E-state index contributed by atoms with van der Waals surface area (Å²) in [6.07, 6.45) is 16.6. The zero-order valence-electron chi connectivity index (χ0n) is 31.8. The van der Waals surface area contributed by atoms with Crippen LogP contribution >= 0.6 is 7.82 Å². The van der Waals surface area contributed by atoms with Crippen molar-refractivity contribution in [2.45, 2.75) is 140 Å². The van der Waals surface area contributed by atoms with Gasteiger partial charge in [0.25, 0.3) is 0 Å². The summed E-state index contributed by atoms with van der Waals surface area (Å²) in [6, 6.07) is 15.6. The number of aliphatic hydroxyl groups excluding tert-OH is 2. The maximum atomic E-state index is 13.0. The van der Waals surface area contributed by atoms with Crippen molar-refractivity contribution in [2.24, 2.45) is 0 Å². The molecule has 13 nitrogen and oxygen atoms in total. The molecule has 1 unspecified atom stereocenters. The highest BCUT2D eigenvalue weighted by Crippen LogP contribution is 2.46. The number of anilines is 1. The Morgan fingerprint density at radius 2 is 1.50 bits per heavy atom. The van der Waals surface area contributed by atoms with Gasteiger partial charge in [0.15, 0.2) is 0 Å². The Morgan fingerprint density at radius 3 is 2.11 bits per heavy atom. The van der Waals surface area contributed by atoms with E-state index in [0.29, 0.717) is 23.6 Å². The highest BCUT2D eigenvalue weighted by molar-refractivity contribution is 7.47. The van der Waals surface area contributed by atoms with E-state index in [1.54, 1.807) is 24.3 Å². The molecule has 1 fully saturated rings. The van der Waals surface area contributed by atoms with Crippen LogP contribution in [0.5, 0.6) is 5.75 Å². The van der Waals surface area contributed by atoms with Crippen LogP contribution in [-0.4, -0.2) is 75.6 Å². The van der Waals surface area contributed by atoms with Crippen molar-refractivity contribution in [3.8, 4) is 11.8 Å². The van der Waals surface area contributed by atoms with Crippen molar-refractivity contribution in [1.29, 1.82) is 5.26 Å². The fraction of sp³-hybridized carbons (Fsp3) is 0.650. The molecule has 3 heterocycles. The second kappa shape index (κ2) is 23.1. The van der Waals surface area contributed by atoms with Crippen LogP contribution in [0.15, 0.2) is 54.7 Å². The van der Waals surface area contributed by atoms with Gasteiger partial charge in [-0.25, -0.2) is 9.08 Å². The van der Waals surface area contributed by atoms with E-state index in [2.05, 4.69) is 12.0 Å². The number of phosphoric ester groups is 1. The van der Waals surface area contributed by atoms with E-state index >= 15 is 0 Å². The molecule has 6 atom stereocenters. The van der Waals surface area contributed by atoms with Gasteiger partial charge in [-0.2, -0.15) is 10.4 Å². The van der Waals surface area contributed by atoms with Gasteiger partial charge in [-0.3, -0.25) is 9.05 Å². The van der Waals surface area contributed by atoms with E-state index in [-0.39, 0.29) is 18.9 Å². The first-order valence-corrected chi connectivity index (χ1v) is 21.3. The van der Waals surface area contributed by atoms with Gasteiger partial charge in [0.2, 0.25) is 5.60 Å². The van der Waals surface area contributed by atoms with Crippen LogP contribution in [-0.2, 0) is 28.7 Å². The summed E-state index contributed by atoms with van der Waals surface area (Å²) in [5, 5.41) is 36.1. The van der Waals surface area contributed by atoms with Crippen LogP contribution < -0.4 is 10.5 Å². The molecule has 1 aliphatic rings. The Hall–Kier alpha value is -3.05. The smallest absolute Gasteiger partial charge is 0.472 e. The first-order valence-electron chi connectivity index (χ1n) is 19.8. The fourth-order valence-electron chi connectivity index (χ4n) is 6.79. The minimum Gasteiger partial charge on any atom is -0.486 e. The molecule has 1 aromatic carbocycles. The van der Waals surface area contributed by atoms with Gasteiger partial charge in [-0.05, 0) is 36.8 Å². The highest BCUT2D eigenvalue weighted by Gasteiger charge is 2.58. The molecular weight excluding hydrogens is 711 g/mol. The van der Waals surface area contributed by atoms with Gasteiger partial charge < -0.3 is 35.1 Å². The quantitative estimate of drug-likeness (QED) is 0.0418. The first kappa shape index (κ1) is 43.7. The molecule has 2 aromatic heterocycles. The number of phosphoric acid groups is 1. The van der Waals surface area contributed by atoms with E-state index < -0.39 is 44.4 Å². The molecule has 300 valence electrons. The van der Waals surface area contributed by atoms with Crippen LogP contribution in [0.2, 0.25) is 0 Å². The number of fused-ring (bicyclic) bond motifs is 1. The number of hydrogen-bond donors (Lipinski definition) is 4. The summed E-state index contributed by atoms with van der Waals surface area (Å²) in [7, 11) is -4.71. The van der Waals surface area contributed by atoms with Gasteiger partial charge in [0.05, 0.1) is 36.7 Å². The zero-order chi connectivity index (χ0) is 38.7. The fourth-order valence-corrected chi connectivity index (χ4v) is 7.56. The number of aromatic nitrogens is 2. The average molecular weight is 773 g/mol. The van der Waals surface area contributed by atoms with Crippen molar-refractivity contribution in [3.63, 3.8) is 0 Å². The Kier molecular flexibility index (Phi) is 18.7. The van der Waals surface area contributed by atoms with Gasteiger partial charge in [-0.1, -0.05) is 121 Å². The number of aliphatic hydroxyl groups is 2. The summed E-state index contributed by atoms with van der Waals surface area (Å²) >= 11 is 0. The molecule has 0 saturated carbocycles. The maximum absolute atomic E-state index is 13.0. The van der Waals surface area contributed by atoms with Crippen LogP contribution in [0.25, 0.3) is 5.52 Å². The number of nitriles is 1. The number of benzene rings is 1. The maximum Gasteiger partial charge on any atom is 0.472 e. The lowest BCUT2D eigenvalue weighted by molar-refractivity contribution is -0.0651. The lowest BCUT2D eigenvalue weighted by atomic mass is 9.92. The number of unbranched alkanes of at least 4 members (excludes halogenated alkanes) is 15. The Balaban J connectivity index is 1.15. The summed E-state index contributed by atoms with van der Waals surface area (Å²) in [5.41, 5.74) is 4.95. The highest BCUT2D eigenvalue weighted by atomic mass is 31.2. The first-order chi connectivity index (χ1) is 26.2. The summed E-state index contributed by atoms with van der Waals surface area (Å²) in [5.74, 6) is 0.546. The minimum absolute atomic E-state index is 0.124. The van der Waals surface area contributed by atoms with Crippen molar-refractivity contribution in [1.82, 2.24) is 9.61 Å². The molecular formula is C40H61N4O9P. The Bertz CT molecular complexity index is 1590. The number of nitrogens with two attached hydrogens (primary N) is 1. The number of hydrogen-bond acceptors (Lipinski definition) is 11. The number of ether oxygens (including phenoxy) is 3. The minimum atomic E-state index is -4.71. The largest absolute Gasteiger partial charge is 0.486 e. The molecule has 54 heavy (non-hydrogen) atoms. The van der Waals surface area contributed by atoms with E-state index in [4.69, 9.17) is 29.0 Å². The standard InChI is InChI=1S/C40H61N4O9P/c1-2-3-4-5-6-7-8-9-10-11-12-13-14-15-16-20-27-49-28-33(52-32-21-18-17-19-22-32)29-50-54(47,48)51-30-36-38(45)39(46)40(31-41,53-36)37-24-23-35-34(42)25-26-43-44(35)37/h17-19,21-26,33,36,38-39,45-46H,2-16,20,27-30,42H2,1H3,(H,47,48)/t33-,36-,38-,39-,40+/m1/s1. The van der Waals surface area contributed by atoms with E-state index in [0.717, 1.165) is 12.8 Å². The van der Waals surface area contributed by atoms with Crippen molar-refractivity contribution < 1.29 is 42.9 Å². The second-order valence-corrected chi connectivity index (χ2v) is 15.7. The molecule has 1 aliphatic heterocycles. The van der Waals surface area contributed by atoms with Gasteiger partial charge in [0, 0.05) is 12.8 Å². The molecule has 0 bridgehead atoms. The van der Waals surface area contributed by atoms with Crippen LogP contribution in [0, 0.1) is 11.3 Å². The monoisotopic (exact) mass is 772 g/mol. The van der Waals surface area contributed by atoms with Crippen molar-refractivity contribution >= 4 is 19.0 Å². The molecule has 0 amide bonds. The predicted octanol–water partition coefficient (Wildman–Crippen LogP) is 7.62. The van der Waals surface area contributed by atoms with E-state index in [9.17, 15) is 24.9 Å². The Morgan fingerprint density at radius 1 is 0.889 bits per heavy atom. The number of rotatable bonds is 28. The number of nitrogen functional groups attached to an aromatic ring is 1. The zero-order valence-corrected chi connectivity index (χ0v) is 32.7. The lowest BCUT2D eigenvalue weighted by Gasteiger charge is -2.24. The van der Waals surface area contributed by atoms with Gasteiger partial charge in [-0.15, -0.1) is 0 Å². The third-order valence-electron chi connectivity index (χ3n) is 9.91. The van der Waals surface area contributed by atoms with Gasteiger partial charge >= 0.3 is 7.82 Å². The Labute approximate surface area is 320 Å². The normalized spacial score (nSPS) is 21.6. The van der Waals surface area contributed by atoms with Crippen LogP contribution in [0.3, 0.4) is 0 Å². The molecule has 0 radical (unpaired) electrons. The summed E-state index contributed by atoms with van der Waals surface area (Å²) < 4.78 is 42.5.